The highest BCUT2D eigenvalue weighted by Gasteiger charge is 2.46. The van der Waals surface area contributed by atoms with Crippen LogP contribution in [0.5, 0.6) is 5.75 Å². The summed E-state index contributed by atoms with van der Waals surface area (Å²) < 4.78 is 0. The fraction of sp³-hybridized carbons (Fsp3) is 0.556. The second-order valence-corrected chi connectivity index (χ2v) is 7.02. The highest BCUT2D eigenvalue weighted by atomic mass is 16.3. The van der Waals surface area contributed by atoms with E-state index >= 15 is 0 Å². The fourth-order valence-corrected chi connectivity index (χ4v) is 3.48. The van der Waals surface area contributed by atoms with Crippen LogP contribution < -0.4 is 0 Å². The first kappa shape index (κ1) is 15.1. The van der Waals surface area contributed by atoms with Crippen LogP contribution in [0.3, 0.4) is 0 Å². The van der Waals surface area contributed by atoms with Gasteiger partial charge in [-0.3, -0.25) is 0 Å². The molecule has 3 unspecified atom stereocenters. The third kappa shape index (κ3) is 3.06. The molecule has 110 valence electrons. The molecule has 0 saturated heterocycles. The number of rotatable bonds is 3. The van der Waals surface area contributed by atoms with Gasteiger partial charge in [0.05, 0.1) is 5.60 Å². The Morgan fingerprint density at radius 1 is 1.25 bits per heavy atom. The van der Waals surface area contributed by atoms with Crippen molar-refractivity contribution < 1.29 is 10.2 Å². The molecule has 1 aliphatic carbocycles. The molecule has 0 aromatic heterocycles. The van der Waals surface area contributed by atoms with E-state index in [0.717, 1.165) is 18.4 Å². The molecule has 0 bridgehead atoms. The van der Waals surface area contributed by atoms with Crippen molar-refractivity contribution in [2.45, 2.75) is 46.1 Å². The van der Waals surface area contributed by atoms with E-state index in [1.165, 1.54) is 0 Å². The van der Waals surface area contributed by atoms with Crippen LogP contribution in [0.4, 0.5) is 0 Å². The monoisotopic (exact) mass is 274 g/mol. The normalized spacial score (nSPS) is 31.1. The lowest BCUT2D eigenvalue weighted by molar-refractivity contribution is -0.00496. The van der Waals surface area contributed by atoms with E-state index < -0.39 is 5.60 Å². The van der Waals surface area contributed by atoms with E-state index in [1.54, 1.807) is 12.1 Å². The van der Waals surface area contributed by atoms with Gasteiger partial charge in [-0.2, -0.15) is 0 Å². The van der Waals surface area contributed by atoms with Gasteiger partial charge in [0.15, 0.2) is 0 Å². The minimum atomic E-state index is -0.608. The average Bonchev–Trinajstić information content (AvgIpc) is 2.66. The first-order valence-electron chi connectivity index (χ1n) is 7.43. The molecule has 1 saturated carbocycles. The van der Waals surface area contributed by atoms with Crippen molar-refractivity contribution in [2.24, 2.45) is 17.3 Å². The molecule has 1 aromatic rings. The maximum absolute atomic E-state index is 10.3. The van der Waals surface area contributed by atoms with E-state index in [4.69, 9.17) is 0 Å². The zero-order valence-electron chi connectivity index (χ0n) is 12.9. The van der Waals surface area contributed by atoms with Crippen molar-refractivity contribution in [3.63, 3.8) is 0 Å². The second kappa shape index (κ2) is 5.25. The van der Waals surface area contributed by atoms with Gasteiger partial charge in [-0.25, -0.2) is 0 Å². The van der Waals surface area contributed by atoms with Crippen molar-refractivity contribution in [2.75, 3.05) is 0 Å². The zero-order valence-corrected chi connectivity index (χ0v) is 12.9. The summed E-state index contributed by atoms with van der Waals surface area (Å²) in [7, 11) is 0. The lowest BCUT2D eigenvalue weighted by atomic mass is 9.73. The number of hydrogen-bond acceptors (Lipinski definition) is 2. The highest BCUT2D eigenvalue weighted by molar-refractivity contribution is 5.51. The van der Waals surface area contributed by atoms with Gasteiger partial charge in [-0.1, -0.05) is 38.1 Å². The molecule has 0 spiro atoms. The molecular weight excluding hydrogens is 248 g/mol. The Morgan fingerprint density at radius 2 is 1.85 bits per heavy atom. The van der Waals surface area contributed by atoms with Crippen LogP contribution in [0.15, 0.2) is 30.3 Å². The van der Waals surface area contributed by atoms with E-state index in [0.29, 0.717) is 17.6 Å². The predicted octanol–water partition coefficient (Wildman–Crippen LogP) is 4.23. The van der Waals surface area contributed by atoms with Gasteiger partial charge in [0.2, 0.25) is 0 Å². The Morgan fingerprint density at radius 3 is 2.35 bits per heavy atom. The third-order valence-corrected chi connectivity index (χ3v) is 5.09. The molecule has 1 fully saturated rings. The summed E-state index contributed by atoms with van der Waals surface area (Å²) in [5, 5.41) is 19.6. The van der Waals surface area contributed by atoms with Crippen molar-refractivity contribution in [1.82, 2.24) is 0 Å². The molecule has 20 heavy (non-hydrogen) atoms. The first-order valence-corrected chi connectivity index (χ1v) is 7.43. The van der Waals surface area contributed by atoms with Crippen molar-refractivity contribution in [3.8, 4) is 5.75 Å². The van der Waals surface area contributed by atoms with Crippen molar-refractivity contribution in [1.29, 1.82) is 0 Å². The Labute approximate surface area is 122 Å². The molecule has 2 nitrogen and oxygen atoms in total. The van der Waals surface area contributed by atoms with E-state index in [1.807, 2.05) is 26.0 Å². The summed E-state index contributed by atoms with van der Waals surface area (Å²) in [5.74, 6) is 1.09. The minimum Gasteiger partial charge on any atom is -0.508 e. The van der Waals surface area contributed by atoms with Gasteiger partial charge >= 0.3 is 0 Å². The molecular formula is C18H26O2. The molecule has 2 rings (SSSR count). The molecule has 1 aliphatic rings. The maximum Gasteiger partial charge on any atom is 0.115 e. The van der Waals surface area contributed by atoms with Crippen LogP contribution in [-0.2, 0) is 0 Å². The van der Waals surface area contributed by atoms with E-state index in [9.17, 15) is 10.2 Å². The number of phenolic OH excluding ortho intramolecular Hbond substituents is 1. The van der Waals surface area contributed by atoms with Gasteiger partial charge in [-0.05, 0) is 61.6 Å². The van der Waals surface area contributed by atoms with Crippen LogP contribution in [-0.4, -0.2) is 15.8 Å². The number of aromatic hydroxyl groups is 1. The number of hydrogen-bond donors (Lipinski definition) is 2. The smallest absolute Gasteiger partial charge is 0.115 e. The molecule has 0 aliphatic heterocycles. The minimum absolute atomic E-state index is 0.128. The summed E-state index contributed by atoms with van der Waals surface area (Å²) in [4.78, 5) is 0. The summed E-state index contributed by atoms with van der Waals surface area (Å²) in [6, 6.07) is 7.25. The largest absolute Gasteiger partial charge is 0.508 e. The lowest BCUT2D eigenvalue weighted by Gasteiger charge is -2.34. The Kier molecular flexibility index (Phi) is 3.97. The number of aliphatic hydroxyl groups is 1. The SMILES string of the molecule is CC1C(C(C)(C)O)CCC1(C)/C=C/c1ccc(O)cc1. The Balaban J connectivity index is 2.14. The first-order chi connectivity index (χ1) is 9.22. The van der Waals surface area contributed by atoms with E-state index in [2.05, 4.69) is 26.0 Å². The summed E-state index contributed by atoms with van der Waals surface area (Å²) in [5.41, 5.74) is 0.620. The number of allylic oxidation sites excluding steroid dienone is 1. The molecule has 0 radical (unpaired) electrons. The van der Waals surface area contributed by atoms with Gasteiger partial charge < -0.3 is 10.2 Å². The quantitative estimate of drug-likeness (QED) is 0.866. The second-order valence-electron chi connectivity index (χ2n) is 7.02. The topological polar surface area (TPSA) is 40.5 Å². The Bertz CT molecular complexity index is 481. The van der Waals surface area contributed by atoms with Crippen LogP contribution in [0.25, 0.3) is 6.08 Å². The Hall–Kier alpha value is -1.28. The highest BCUT2D eigenvalue weighted by Crippen LogP contribution is 2.51. The number of phenols is 1. The summed E-state index contributed by atoms with van der Waals surface area (Å²) in [6.07, 6.45) is 6.58. The maximum atomic E-state index is 10.3. The zero-order chi connectivity index (χ0) is 15.0. The van der Waals surface area contributed by atoms with Gasteiger partial charge in [-0.15, -0.1) is 0 Å². The van der Waals surface area contributed by atoms with Crippen LogP contribution in [0.2, 0.25) is 0 Å². The van der Waals surface area contributed by atoms with Gasteiger partial charge in [0.1, 0.15) is 5.75 Å². The molecule has 0 heterocycles. The van der Waals surface area contributed by atoms with Crippen molar-refractivity contribution in [3.05, 3.63) is 35.9 Å². The van der Waals surface area contributed by atoms with Crippen LogP contribution >= 0.6 is 0 Å². The number of benzene rings is 1. The summed E-state index contributed by atoms with van der Waals surface area (Å²) >= 11 is 0. The van der Waals surface area contributed by atoms with Crippen molar-refractivity contribution >= 4 is 6.08 Å². The third-order valence-electron chi connectivity index (χ3n) is 5.09. The van der Waals surface area contributed by atoms with E-state index in [-0.39, 0.29) is 5.41 Å². The van der Waals surface area contributed by atoms with Crippen LogP contribution in [0.1, 0.15) is 46.1 Å². The molecule has 1 aromatic carbocycles. The lowest BCUT2D eigenvalue weighted by Crippen LogP contribution is -2.35. The van der Waals surface area contributed by atoms with Crippen LogP contribution in [0, 0.1) is 17.3 Å². The molecule has 3 atom stereocenters. The van der Waals surface area contributed by atoms with Gasteiger partial charge in [0, 0.05) is 0 Å². The molecule has 2 N–H and O–H groups in total. The molecule has 2 heteroatoms. The fourth-order valence-electron chi connectivity index (χ4n) is 3.48. The summed E-state index contributed by atoms with van der Waals surface area (Å²) in [6.45, 7) is 8.37. The predicted molar refractivity (Wildman–Crippen MR) is 83.4 cm³/mol. The van der Waals surface area contributed by atoms with Gasteiger partial charge in [0.25, 0.3) is 0 Å². The average molecular weight is 274 g/mol. The standard InChI is InChI=1S/C18H26O2/c1-13-16(17(2,3)20)10-12-18(13,4)11-9-14-5-7-15(19)8-6-14/h5-9,11,13,16,19-20H,10,12H2,1-4H3/b11-9+. The molecule has 0 amide bonds.